The first kappa shape index (κ1) is 32.5. The molecule has 1 aromatic rings. The van der Waals surface area contributed by atoms with E-state index in [2.05, 4.69) is 5.16 Å². The summed E-state index contributed by atoms with van der Waals surface area (Å²) in [7, 11) is 0. The van der Waals surface area contributed by atoms with Gasteiger partial charge in [0.2, 0.25) is 0 Å². The fourth-order valence-corrected chi connectivity index (χ4v) is 5.38. The van der Waals surface area contributed by atoms with Crippen molar-refractivity contribution in [3.8, 4) is 0 Å². The van der Waals surface area contributed by atoms with Crippen LogP contribution in [0.2, 0.25) is 0 Å². The number of carbonyl (C=O) groups excluding carboxylic acids is 2. The van der Waals surface area contributed by atoms with Crippen molar-refractivity contribution in [2.24, 2.45) is 0 Å². The fraction of sp³-hybridized carbons (Fsp3) is 0.682. The third-order valence-corrected chi connectivity index (χ3v) is 7.10. The first-order chi connectivity index (χ1) is 15.2. The SMILES string of the molecule is CC(C)N(C(=O)SCC(Cl)=C(Cl)Cl)C(C)C.Cc1cc(CSC(=O)N(C(C)C)C(C)C)on1. The zero-order valence-corrected chi connectivity index (χ0v) is 24.7. The molecular weight excluding hydrogens is 525 g/mol. The Morgan fingerprint density at radius 2 is 1.30 bits per heavy atom. The van der Waals surface area contributed by atoms with E-state index in [0.29, 0.717) is 16.5 Å². The molecule has 0 aliphatic heterocycles. The molecule has 1 heterocycles. The molecule has 0 saturated heterocycles. The lowest BCUT2D eigenvalue weighted by molar-refractivity contribution is 0.189. The van der Waals surface area contributed by atoms with Crippen molar-refractivity contribution in [1.29, 1.82) is 0 Å². The molecule has 0 bridgehead atoms. The van der Waals surface area contributed by atoms with Crippen LogP contribution in [0.3, 0.4) is 0 Å². The van der Waals surface area contributed by atoms with Crippen LogP contribution >= 0.6 is 58.3 Å². The molecule has 6 nitrogen and oxygen atoms in total. The molecule has 0 spiro atoms. The van der Waals surface area contributed by atoms with E-state index in [4.69, 9.17) is 39.3 Å². The Kier molecular flexibility index (Phi) is 15.9. The van der Waals surface area contributed by atoms with Gasteiger partial charge in [-0.05, 0) is 62.3 Å². The maximum Gasteiger partial charge on any atom is 0.282 e. The average Bonchev–Trinajstić information content (AvgIpc) is 3.09. The number of thioether (sulfide) groups is 2. The molecule has 0 radical (unpaired) electrons. The van der Waals surface area contributed by atoms with Crippen molar-refractivity contribution in [1.82, 2.24) is 15.0 Å². The highest BCUT2D eigenvalue weighted by molar-refractivity contribution is 8.13. The lowest BCUT2D eigenvalue weighted by Crippen LogP contribution is -2.39. The zero-order valence-electron chi connectivity index (χ0n) is 20.8. The maximum atomic E-state index is 12.0. The van der Waals surface area contributed by atoms with Crippen LogP contribution in [0.1, 0.15) is 66.8 Å². The van der Waals surface area contributed by atoms with Crippen LogP contribution in [0, 0.1) is 6.92 Å². The minimum Gasteiger partial charge on any atom is -0.360 e. The maximum absolute atomic E-state index is 12.0. The predicted molar refractivity (Wildman–Crippen MR) is 145 cm³/mol. The van der Waals surface area contributed by atoms with Crippen LogP contribution in [0.15, 0.2) is 20.1 Å². The predicted octanol–water partition coefficient (Wildman–Crippen LogP) is 8.30. The molecule has 11 heteroatoms. The van der Waals surface area contributed by atoms with E-state index in [1.54, 1.807) is 4.90 Å². The fourth-order valence-electron chi connectivity index (χ4n) is 2.98. The average molecular weight is 561 g/mol. The second-order valence-corrected chi connectivity index (χ2v) is 11.7. The number of aromatic nitrogens is 1. The molecule has 33 heavy (non-hydrogen) atoms. The number of amides is 2. The van der Waals surface area contributed by atoms with Crippen LogP contribution in [0.25, 0.3) is 0 Å². The third kappa shape index (κ3) is 12.6. The van der Waals surface area contributed by atoms with Gasteiger partial charge in [-0.2, -0.15) is 0 Å². The van der Waals surface area contributed by atoms with Gasteiger partial charge in [-0.3, -0.25) is 9.59 Å². The second kappa shape index (κ2) is 16.2. The molecule has 1 aromatic heterocycles. The van der Waals surface area contributed by atoms with Gasteiger partial charge in [-0.25, -0.2) is 0 Å². The van der Waals surface area contributed by atoms with Gasteiger partial charge in [0.05, 0.1) is 16.5 Å². The largest absolute Gasteiger partial charge is 0.360 e. The lowest BCUT2D eigenvalue weighted by atomic mass is 10.2. The van der Waals surface area contributed by atoms with E-state index < -0.39 is 0 Å². The molecule has 2 amide bonds. The van der Waals surface area contributed by atoms with Crippen molar-refractivity contribution in [2.45, 2.75) is 92.2 Å². The summed E-state index contributed by atoms with van der Waals surface area (Å²) in [6.45, 7) is 17.9. The van der Waals surface area contributed by atoms with Gasteiger partial charge in [0, 0.05) is 36.0 Å². The summed E-state index contributed by atoms with van der Waals surface area (Å²) in [6.07, 6.45) is 0. The Morgan fingerprint density at radius 1 is 0.879 bits per heavy atom. The minimum atomic E-state index is -0.0160. The molecule has 190 valence electrons. The first-order valence-corrected chi connectivity index (χ1v) is 13.8. The van der Waals surface area contributed by atoms with Gasteiger partial charge in [0.1, 0.15) is 10.3 Å². The Morgan fingerprint density at radius 3 is 1.64 bits per heavy atom. The number of halogens is 3. The van der Waals surface area contributed by atoms with Gasteiger partial charge in [0.15, 0.2) is 0 Å². The summed E-state index contributed by atoms with van der Waals surface area (Å²) in [6, 6.07) is 2.61. The number of rotatable bonds is 8. The Labute approximate surface area is 222 Å². The Bertz CT molecular complexity index is 764. The molecule has 0 aliphatic rings. The van der Waals surface area contributed by atoms with Crippen molar-refractivity contribution in [2.75, 3.05) is 5.75 Å². The normalized spacial score (nSPS) is 11.0. The molecule has 0 aliphatic carbocycles. The number of nitrogens with zero attached hydrogens (tertiary/aromatic N) is 3. The highest BCUT2D eigenvalue weighted by Crippen LogP contribution is 2.24. The van der Waals surface area contributed by atoms with Crippen molar-refractivity contribution >= 4 is 68.8 Å². The van der Waals surface area contributed by atoms with Crippen molar-refractivity contribution in [3.63, 3.8) is 0 Å². The molecule has 0 unspecified atom stereocenters. The summed E-state index contributed by atoms with van der Waals surface area (Å²) in [5, 5.41) is 4.17. The van der Waals surface area contributed by atoms with Gasteiger partial charge in [-0.15, -0.1) is 0 Å². The van der Waals surface area contributed by atoms with E-state index in [9.17, 15) is 9.59 Å². The quantitative estimate of drug-likeness (QED) is 0.318. The molecule has 0 aromatic carbocycles. The van der Waals surface area contributed by atoms with E-state index in [1.165, 1.54) is 11.8 Å². The van der Waals surface area contributed by atoms with Crippen LogP contribution in [-0.2, 0) is 5.75 Å². The third-order valence-electron chi connectivity index (χ3n) is 4.19. The molecule has 0 fully saturated rings. The van der Waals surface area contributed by atoms with Crippen LogP contribution in [-0.4, -0.2) is 55.4 Å². The van der Waals surface area contributed by atoms with Gasteiger partial charge < -0.3 is 14.3 Å². The lowest BCUT2D eigenvalue weighted by Gasteiger charge is -2.30. The van der Waals surface area contributed by atoms with Crippen LogP contribution in [0.5, 0.6) is 0 Å². The highest BCUT2D eigenvalue weighted by Gasteiger charge is 2.21. The first-order valence-electron chi connectivity index (χ1n) is 10.7. The van der Waals surface area contributed by atoms with Crippen LogP contribution in [0.4, 0.5) is 9.59 Å². The monoisotopic (exact) mass is 559 g/mol. The number of hydrogen-bond donors (Lipinski definition) is 0. The standard InChI is InChI=1S/C12H20N2O2S.C10H16Cl3NOS/c1-8(2)14(9(3)4)12(15)17-7-11-6-10(5)13-16-11;1-6(2)14(7(3)4)10(15)16-5-8(11)9(12)13/h6,8-9H,7H2,1-5H3;6-7H,5H2,1-4H3. The smallest absolute Gasteiger partial charge is 0.282 e. The van der Waals surface area contributed by atoms with Crippen molar-refractivity contribution in [3.05, 3.63) is 27.0 Å². The van der Waals surface area contributed by atoms with Gasteiger partial charge >= 0.3 is 0 Å². The summed E-state index contributed by atoms with van der Waals surface area (Å²) in [5.74, 6) is 1.59. The van der Waals surface area contributed by atoms with Crippen LogP contribution < -0.4 is 0 Å². The highest BCUT2D eigenvalue weighted by atomic mass is 35.5. The van der Waals surface area contributed by atoms with Gasteiger partial charge in [0.25, 0.3) is 10.5 Å². The zero-order chi connectivity index (χ0) is 25.9. The molecular formula is C22H36Cl3N3O3S2. The summed E-state index contributed by atoms with van der Waals surface area (Å²) in [4.78, 5) is 27.6. The summed E-state index contributed by atoms with van der Waals surface area (Å²) >= 11 is 19.1. The molecule has 0 atom stereocenters. The molecule has 0 N–H and O–H groups in total. The summed E-state index contributed by atoms with van der Waals surface area (Å²) in [5.41, 5.74) is 0.845. The topological polar surface area (TPSA) is 66.7 Å². The van der Waals surface area contributed by atoms with E-state index in [-0.39, 0.29) is 39.1 Å². The van der Waals surface area contributed by atoms with E-state index in [1.807, 2.05) is 73.3 Å². The Hall–Kier alpha value is -0.540. The number of hydrogen-bond acceptors (Lipinski definition) is 6. The van der Waals surface area contributed by atoms with Crippen molar-refractivity contribution < 1.29 is 14.1 Å². The Balaban J connectivity index is 0.000000622. The minimum absolute atomic E-state index is 0.0160. The van der Waals surface area contributed by atoms with Gasteiger partial charge in [-0.1, -0.05) is 63.5 Å². The van der Waals surface area contributed by atoms with E-state index >= 15 is 0 Å². The van der Waals surface area contributed by atoms with E-state index in [0.717, 1.165) is 23.2 Å². The molecule has 0 saturated carbocycles. The summed E-state index contributed by atoms with van der Waals surface area (Å²) < 4.78 is 5.09. The number of carbonyl (C=O) groups is 2. The molecule has 1 rings (SSSR count). The second-order valence-electron chi connectivity index (χ2n) is 8.40. The number of aryl methyl sites for hydroxylation is 1.